The molecule has 0 atom stereocenters. The second-order valence-electron chi connectivity index (χ2n) is 6.32. The second-order valence-corrected chi connectivity index (χ2v) is 6.32. The van der Waals surface area contributed by atoms with E-state index in [2.05, 4.69) is 5.32 Å². The molecule has 0 aliphatic carbocycles. The number of amides is 2. The highest BCUT2D eigenvalue weighted by Gasteiger charge is 2.23. The van der Waals surface area contributed by atoms with Gasteiger partial charge in [0, 0.05) is 45.0 Å². The number of nitrogens with one attached hydrogen (secondary N) is 1. The summed E-state index contributed by atoms with van der Waals surface area (Å²) in [6.07, 6.45) is 1.64. The normalized spacial score (nSPS) is 14.8. The lowest BCUT2D eigenvalue weighted by atomic mass is 9.96. The number of nitriles is 1. The van der Waals surface area contributed by atoms with Crippen molar-refractivity contribution in [3.05, 3.63) is 29.8 Å². The number of likely N-dealkylation sites (tertiary alicyclic amines) is 1. The third-order valence-electron chi connectivity index (χ3n) is 4.36. The molecule has 0 unspecified atom stereocenters. The van der Waals surface area contributed by atoms with Gasteiger partial charge in [0.1, 0.15) is 6.42 Å². The van der Waals surface area contributed by atoms with Gasteiger partial charge in [0.05, 0.1) is 6.07 Å². The Balaban J connectivity index is 1.82. The van der Waals surface area contributed by atoms with Gasteiger partial charge in [-0.25, -0.2) is 0 Å². The fourth-order valence-electron chi connectivity index (χ4n) is 2.82. The number of hydrogen-bond donors (Lipinski definition) is 1. The van der Waals surface area contributed by atoms with Crippen LogP contribution in [0.1, 0.15) is 29.6 Å². The van der Waals surface area contributed by atoms with E-state index >= 15 is 0 Å². The van der Waals surface area contributed by atoms with Gasteiger partial charge in [-0.15, -0.1) is 0 Å². The molecule has 2 rings (SSSR count). The molecule has 6 nitrogen and oxygen atoms in total. The Hall–Kier alpha value is -2.55. The van der Waals surface area contributed by atoms with E-state index in [0.717, 1.165) is 18.5 Å². The highest BCUT2D eigenvalue weighted by Crippen LogP contribution is 2.20. The number of carbonyl (C=O) groups excluding carboxylic acids is 2. The van der Waals surface area contributed by atoms with Gasteiger partial charge in [-0.2, -0.15) is 5.26 Å². The first kappa shape index (κ1) is 17.8. The van der Waals surface area contributed by atoms with Crippen molar-refractivity contribution in [2.75, 3.05) is 38.6 Å². The van der Waals surface area contributed by atoms with E-state index in [1.807, 2.05) is 54.2 Å². The van der Waals surface area contributed by atoms with Crippen molar-refractivity contribution in [3.8, 4) is 6.07 Å². The summed E-state index contributed by atoms with van der Waals surface area (Å²) >= 11 is 0. The Kier molecular flexibility index (Phi) is 6.19. The van der Waals surface area contributed by atoms with Gasteiger partial charge in [0.2, 0.25) is 5.91 Å². The average molecular weight is 328 g/mol. The van der Waals surface area contributed by atoms with E-state index in [1.54, 1.807) is 0 Å². The molecule has 1 fully saturated rings. The molecule has 2 amide bonds. The van der Waals surface area contributed by atoms with Crippen LogP contribution in [0, 0.1) is 17.2 Å². The smallest absolute Gasteiger partial charge is 0.253 e. The van der Waals surface area contributed by atoms with Crippen LogP contribution in [0.5, 0.6) is 0 Å². The lowest BCUT2D eigenvalue weighted by molar-refractivity contribution is -0.120. The Bertz CT molecular complexity index is 611. The molecule has 0 radical (unpaired) electrons. The highest BCUT2D eigenvalue weighted by molar-refractivity contribution is 5.94. The van der Waals surface area contributed by atoms with Crippen molar-refractivity contribution in [1.29, 1.82) is 5.26 Å². The van der Waals surface area contributed by atoms with Crippen molar-refractivity contribution < 1.29 is 9.59 Å². The van der Waals surface area contributed by atoms with Gasteiger partial charge < -0.3 is 15.1 Å². The molecule has 1 N–H and O–H groups in total. The fourth-order valence-corrected chi connectivity index (χ4v) is 2.82. The monoisotopic (exact) mass is 328 g/mol. The Morgan fingerprint density at radius 3 is 2.42 bits per heavy atom. The predicted octanol–water partition coefficient (Wildman–Crippen LogP) is 1.63. The van der Waals surface area contributed by atoms with Crippen LogP contribution in [0.2, 0.25) is 0 Å². The van der Waals surface area contributed by atoms with Gasteiger partial charge in [0.15, 0.2) is 0 Å². The van der Waals surface area contributed by atoms with Crippen LogP contribution >= 0.6 is 0 Å². The summed E-state index contributed by atoms with van der Waals surface area (Å²) in [7, 11) is 3.94. The lowest BCUT2D eigenvalue weighted by Gasteiger charge is -2.32. The number of hydrogen-bond acceptors (Lipinski definition) is 4. The fraction of sp³-hybridized carbons (Fsp3) is 0.500. The lowest BCUT2D eigenvalue weighted by Crippen LogP contribution is -2.41. The molecule has 0 saturated carbocycles. The van der Waals surface area contributed by atoms with Crippen LogP contribution in [-0.2, 0) is 4.79 Å². The highest BCUT2D eigenvalue weighted by atomic mass is 16.2. The number of anilines is 1. The van der Waals surface area contributed by atoms with Gasteiger partial charge in [-0.1, -0.05) is 0 Å². The standard InChI is InChI=1S/C18H24N4O2/c1-21(2)16-5-3-15(4-6-16)18(24)22-11-8-14(9-12-22)13-20-17(23)7-10-19/h3-6,14H,7-9,11-13H2,1-2H3,(H,20,23). The third-order valence-corrected chi connectivity index (χ3v) is 4.36. The molecule has 1 aromatic carbocycles. The number of piperidine rings is 1. The van der Waals surface area contributed by atoms with Crippen molar-refractivity contribution >= 4 is 17.5 Å². The molecule has 1 aromatic rings. The van der Waals surface area contributed by atoms with Crippen molar-refractivity contribution in [3.63, 3.8) is 0 Å². The minimum Gasteiger partial charge on any atom is -0.378 e. The molecule has 0 aromatic heterocycles. The number of rotatable bonds is 5. The Morgan fingerprint density at radius 1 is 1.25 bits per heavy atom. The third kappa shape index (κ3) is 4.72. The van der Waals surface area contributed by atoms with Crippen LogP contribution in [0.15, 0.2) is 24.3 Å². The quantitative estimate of drug-likeness (QED) is 0.891. The summed E-state index contributed by atoms with van der Waals surface area (Å²) in [6.45, 7) is 1.99. The maximum atomic E-state index is 12.5. The van der Waals surface area contributed by atoms with E-state index in [4.69, 9.17) is 5.26 Å². The molecule has 0 spiro atoms. The average Bonchev–Trinajstić information content (AvgIpc) is 2.60. The first-order valence-corrected chi connectivity index (χ1v) is 8.21. The van der Waals surface area contributed by atoms with Gasteiger partial charge in [0.25, 0.3) is 5.91 Å². The van der Waals surface area contributed by atoms with E-state index in [-0.39, 0.29) is 18.2 Å². The molecule has 24 heavy (non-hydrogen) atoms. The summed E-state index contributed by atoms with van der Waals surface area (Å²) in [5, 5.41) is 11.2. The minimum absolute atomic E-state index is 0.0623. The summed E-state index contributed by atoms with van der Waals surface area (Å²) < 4.78 is 0. The zero-order valence-corrected chi connectivity index (χ0v) is 14.3. The Labute approximate surface area is 143 Å². The van der Waals surface area contributed by atoms with Crippen LogP contribution < -0.4 is 10.2 Å². The first-order valence-electron chi connectivity index (χ1n) is 8.21. The summed E-state index contributed by atoms with van der Waals surface area (Å²) in [5.41, 5.74) is 1.78. The van der Waals surface area contributed by atoms with E-state index in [1.165, 1.54) is 0 Å². The van der Waals surface area contributed by atoms with Crippen molar-refractivity contribution in [2.45, 2.75) is 19.3 Å². The van der Waals surface area contributed by atoms with E-state index < -0.39 is 0 Å². The zero-order valence-electron chi connectivity index (χ0n) is 14.3. The van der Waals surface area contributed by atoms with E-state index in [0.29, 0.717) is 31.1 Å². The maximum absolute atomic E-state index is 12.5. The first-order chi connectivity index (χ1) is 11.5. The largest absolute Gasteiger partial charge is 0.378 e. The van der Waals surface area contributed by atoms with Crippen LogP contribution in [-0.4, -0.2) is 50.4 Å². The zero-order chi connectivity index (χ0) is 17.5. The van der Waals surface area contributed by atoms with Crippen molar-refractivity contribution in [2.24, 2.45) is 5.92 Å². The molecule has 1 aliphatic rings. The Morgan fingerprint density at radius 2 is 1.88 bits per heavy atom. The number of nitrogens with zero attached hydrogens (tertiary/aromatic N) is 3. The number of benzene rings is 1. The topological polar surface area (TPSA) is 76.4 Å². The van der Waals surface area contributed by atoms with Crippen LogP contribution in [0.25, 0.3) is 0 Å². The molecule has 1 saturated heterocycles. The SMILES string of the molecule is CN(C)c1ccc(C(=O)N2CCC(CNC(=O)CC#N)CC2)cc1. The summed E-state index contributed by atoms with van der Waals surface area (Å²) in [5.74, 6) is 0.206. The summed E-state index contributed by atoms with van der Waals surface area (Å²) in [4.78, 5) is 27.7. The molecular formula is C18H24N4O2. The summed E-state index contributed by atoms with van der Waals surface area (Å²) in [6, 6.07) is 9.47. The minimum atomic E-state index is -0.225. The van der Waals surface area contributed by atoms with Gasteiger partial charge in [-0.3, -0.25) is 9.59 Å². The molecule has 128 valence electrons. The second kappa shape index (κ2) is 8.34. The van der Waals surface area contributed by atoms with E-state index in [9.17, 15) is 9.59 Å². The molecule has 1 aliphatic heterocycles. The molecule has 6 heteroatoms. The van der Waals surface area contributed by atoms with Crippen molar-refractivity contribution in [1.82, 2.24) is 10.2 Å². The van der Waals surface area contributed by atoms with Gasteiger partial charge in [-0.05, 0) is 43.0 Å². The predicted molar refractivity (Wildman–Crippen MR) is 92.6 cm³/mol. The number of carbonyl (C=O) groups is 2. The molecule has 1 heterocycles. The van der Waals surface area contributed by atoms with Crippen LogP contribution in [0.4, 0.5) is 5.69 Å². The van der Waals surface area contributed by atoms with Gasteiger partial charge >= 0.3 is 0 Å². The molecule has 0 bridgehead atoms. The maximum Gasteiger partial charge on any atom is 0.253 e. The molecular weight excluding hydrogens is 304 g/mol. The van der Waals surface area contributed by atoms with Crippen LogP contribution in [0.3, 0.4) is 0 Å².